The van der Waals surface area contributed by atoms with Gasteiger partial charge in [-0.15, -0.1) is 11.8 Å². The molecule has 0 saturated carbocycles. The van der Waals surface area contributed by atoms with Crippen molar-refractivity contribution in [3.05, 3.63) is 29.3 Å². The summed E-state index contributed by atoms with van der Waals surface area (Å²) in [6, 6.07) is 6.45. The summed E-state index contributed by atoms with van der Waals surface area (Å²) in [5.41, 5.74) is 2.55. The second kappa shape index (κ2) is 6.73. The molecule has 2 fully saturated rings. The average Bonchev–Trinajstić information content (AvgIpc) is 3.28. The fourth-order valence-corrected chi connectivity index (χ4v) is 5.01. The van der Waals surface area contributed by atoms with Crippen LogP contribution in [0.1, 0.15) is 35.8 Å². The van der Waals surface area contributed by atoms with E-state index in [1.165, 1.54) is 37.1 Å². The van der Waals surface area contributed by atoms with E-state index in [0.29, 0.717) is 5.75 Å². The summed E-state index contributed by atoms with van der Waals surface area (Å²) in [7, 11) is 0. The fourth-order valence-electron chi connectivity index (χ4n) is 3.80. The normalized spacial score (nSPS) is 24.3. The van der Waals surface area contributed by atoms with Crippen molar-refractivity contribution in [1.82, 2.24) is 9.80 Å². The number of carbonyl (C=O) groups is 1. The summed E-state index contributed by atoms with van der Waals surface area (Å²) in [5.74, 6) is 1.92. The van der Waals surface area contributed by atoms with Gasteiger partial charge in [0.15, 0.2) is 0 Å². The minimum atomic E-state index is 0.187. The lowest BCUT2D eigenvalue weighted by Crippen LogP contribution is -2.32. The molecular formula is C18H24N2O2S. The van der Waals surface area contributed by atoms with Crippen LogP contribution in [0.2, 0.25) is 0 Å². The van der Waals surface area contributed by atoms with Crippen LogP contribution in [0.4, 0.5) is 0 Å². The molecule has 0 spiro atoms. The Morgan fingerprint density at radius 1 is 1.22 bits per heavy atom. The number of fused-ring (bicyclic) bond motifs is 1. The third-order valence-electron chi connectivity index (χ3n) is 5.04. The quantitative estimate of drug-likeness (QED) is 0.830. The highest BCUT2D eigenvalue weighted by Gasteiger charge is 2.33. The molecule has 1 atom stereocenters. The topological polar surface area (TPSA) is 32.8 Å². The van der Waals surface area contributed by atoms with Crippen LogP contribution in [0.5, 0.6) is 5.75 Å². The van der Waals surface area contributed by atoms with Crippen molar-refractivity contribution in [2.24, 2.45) is 0 Å². The van der Waals surface area contributed by atoms with E-state index in [9.17, 15) is 4.79 Å². The zero-order valence-electron chi connectivity index (χ0n) is 13.5. The Bertz CT molecular complexity index is 586. The minimum Gasteiger partial charge on any atom is -0.493 e. The Morgan fingerprint density at radius 3 is 2.96 bits per heavy atom. The van der Waals surface area contributed by atoms with Gasteiger partial charge in [0.2, 0.25) is 5.91 Å². The van der Waals surface area contributed by atoms with Crippen LogP contribution in [0.3, 0.4) is 0 Å². The SMILES string of the molecule is O=C1CSC(c2ccc3c(c2)CCO3)N1CCCN1CCCC1. The fraction of sp³-hybridized carbons (Fsp3) is 0.611. The molecule has 4 rings (SSSR count). The molecule has 0 aromatic heterocycles. The van der Waals surface area contributed by atoms with Gasteiger partial charge in [-0.1, -0.05) is 6.07 Å². The first-order chi connectivity index (χ1) is 11.3. The Morgan fingerprint density at radius 2 is 2.09 bits per heavy atom. The van der Waals surface area contributed by atoms with E-state index < -0.39 is 0 Å². The molecule has 3 aliphatic heterocycles. The standard InChI is InChI=1S/C18H24N2O2S/c21-17-13-23-18(15-4-5-16-14(12-15)6-11-22-16)20(17)10-3-9-19-7-1-2-8-19/h4-5,12,18H,1-3,6-11,13H2. The number of likely N-dealkylation sites (tertiary alicyclic amines) is 1. The molecular weight excluding hydrogens is 308 g/mol. The van der Waals surface area contributed by atoms with Crippen LogP contribution >= 0.6 is 11.8 Å². The molecule has 0 radical (unpaired) electrons. The third-order valence-corrected chi connectivity index (χ3v) is 6.29. The largest absolute Gasteiger partial charge is 0.493 e. The molecule has 1 aromatic carbocycles. The van der Waals surface area contributed by atoms with Gasteiger partial charge in [-0.3, -0.25) is 4.79 Å². The van der Waals surface area contributed by atoms with Gasteiger partial charge in [0.05, 0.1) is 12.4 Å². The highest BCUT2D eigenvalue weighted by molar-refractivity contribution is 8.00. The number of amides is 1. The summed E-state index contributed by atoms with van der Waals surface area (Å²) in [6.07, 6.45) is 4.73. The highest BCUT2D eigenvalue weighted by atomic mass is 32.2. The molecule has 23 heavy (non-hydrogen) atoms. The van der Waals surface area contributed by atoms with Gasteiger partial charge in [-0.25, -0.2) is 0 Å². The molecule has 0 bridgehead atoms. The van der Waals surface area contributed by atoms with E-state index in [1.54, 1.807) is 11.8 Å². The summed E-state index contributed by atoms with van der Waals surface area (Å²) in [4.78, 5) is 16.9. The Kier molecular flexibility index (Phi) is 4.49. The molecule has 0 aliphatic carbocycles. The van der Waals surface area contributed by atoms with Crippen molar-refractivity contribution in [2.75, 3.05) is 38.5 Å². The number of nitrogens with zero attached hydrogens (tertiary/aromatic N) is 2. The Labute approximate surface area is 142 Å². The number of thioether (sulfide) groups is 1. The lowest BCUT2D eigenvalue weighted by molar-refractivity contribution is -0.128. The number of benzene rings is 1. The van der Waals surface area contributed by atoms with E-state index in [-0.39, 0.29) is 11.3 Å². The zero-order valence-corrected chi connectivity index (χ0v) is 14.3. The number of ether oxygens (including phenoxy) is 1. The molecule has 3 aliphatic rings. The lowest BCUT2D eigenvalue weighted by Gasteiger charge is -2.25. The minimum absolute atomic E-state index is 0.187. The first kappa shape index (κ1) is 15.3. The molecule has 5 heteroatoms. The van der Waals surface area contributed by atoms with Crippen LogP contribution < -0.4 is 4.74 Å². The Hall–Kier alpha value is -1.20. The second-order valence-corrected chi connectivity index (χ2v) is 7.69. The number of hydrogen-bond donors (Lipinski definition) is 0. The molecule has 1 unspecified atom stereocenters. The first-order valence-electron chi connectivity index (χ1n) is 8.70. The molecule has 1 amide bonds. The van der Waals surface area contributed by atoms with Crippen LogP contribution in [0.15, 0.2) is 18.2 Å². The molecule has 124 valence electrons. The van der Waals surface area contributed by atoms with Crippen molar-refractivity contribution >= 4 is 17.7 Å². The number of hydrogen-bond acceptors (Lipinski definition) is 4. The summed E-state index contributed by atoms with van der Waals surface area (Å²) in [5, 5.41) is 0.187. The maximum Gasteiger partial charge on any atom is 0.233 e. The smallest absolute Gasteiger partial charge is 0.233 e. The highest BCUT2D eigenvalue weighted by Crippen LogP contribution is 2.40. The summed E-state index contributed by atoms with van der Waals surface area (Å²) >= 11 is 1.76. The van der Waals surface area contributed by atoms with Crippen LogP contribution in [-0.4, -0.2) is 54.2 Å². The maximum absolute atomic E-state index is 12.3. The van der Waals surface area contributed by atoms with Gasteiger partial charge < -0.3 is 14.5 Å². The molecule has 2 saturated heterocycles. The van der Waals surface area contributed by atoms with Gasteiger partial charge in [0.25, 0.3) is 0 Å². The van der Waals surface area contributed by atoms with Crippen molar-refractivity contribution < 1.29 is 9.53 Å². The van der Waals surface area contributed by atoms with E-state index in [4.69, 9.17) is 4.74 Å². The van der Waals surface area contributed by atoms with Gasteiger partial charge in [-0.05, 0) is 62.2 Å². The van der Waals surface area contributed by atoms with Crippen LogP contribution in [-0.2, 0) is 11.2 Å². The van der Waals surface area contributed by atoms with Gasteiger partial charge in [0, 0.05) is 13.0 Å². The molecule has 0 N–H and O–H groups in total. The van der Waals surface area contributed by atoms with Crippen molar-refractivity contribution in [3.63, 3.8) is 0 Å². The predicted octanol–water partition coefficient (Wildman–Crippen LogP) is 2.68. The predicted molar refractivity (Wildman–Crippen MR) is 92.8 cm³/mol. The van der Waals surface area contributed by atoms with E-state index >= 15 is 0 Å². The van der Waals surface area contributed by atoms with Crippen LogP contribution in [0, 0.1) is 0 Å². The van der Waals surface area contributed by atoms with Crippen LogP contribution in [0.25, 0.3) is 0 Å². The van der Waals surface area contributed by atoms with E-state index in [0.717, 1.165) is 38.3 Å². The molecule has 1 aromatic rings. The van der Waals surface area contributed by atoms with Crippen molar-refractivity contribution in [2.45, 2.75) is 31.1 Å². The maximum atomic E-state index is 12.3. The second-order valence-electron chi connectivity index (χ2n) is 6.62. The summed E-state index contributed by atoms with van der Waals surface area (Å²) < 4.78 is 5.59. The molecule has 3 heterocycles. The molecule has 4 nitrogen and oxygen atoms in total. The summed E-state index contributed by atoms with van der Waals surface area (Å²) in [6.45, 7) is 5.25. The Balaban J connectivity index is 1.41. The lowest BCUT2D eigenvalue weighted by atomic mass is 10.1. The van der Waals surface area contributed by atoms with Crippen molar-refractivity contribution in [1.29, 1.82) is 0 Å². The van der Waals surface area contributed by atoms with Gasteiger partial charge in [0.1, 0.15) is 11.1 Å². The first-order valence-corrected chi connectivity index (χ1v) is 9.75. The van der Waals surface area contributed by atoms with Gasteiger partial charge in [-0.2, -0.15) is 0 Å². The monoisotopic (exact) mass is 332 g/mol. The van der Waals surface area contributed by atoms with Gasteiger partial charge >= 0.3 is 0 Å². The zero-order chi connectivity index (χ0) is 15.6. The average molecular weight is 332 g/mol. The third kappa shape index (κ3) is 3.22. The van der Waals surface area contributed by atoms with E-state index in [2.05, 4.69) is 28.0 Å². The van der Waals surface area contributed by atoms with E-state index in [1.807, 2.05) is 0 Å². The van der Waals surface area contributed by atoms with Crippen molar-refractivity contribution in [3.8, 4) is 5.75 Å². The number of rotatable bonds is 5. The number of carbonyl (C=O) groups excluding carboxylic acids is 1.